The average molecular weight is 558 g/mol. The summed E-state index contributed by atoms with van der Waals surface area (Å²) in [6.07, 6.45) is 4.89. The Hall–Kier alpha value is -5.77. The fourth-order valence-corrected chi connectivity index (χ4v) is 4.99. The first kappa shape index (κ1) is 25.2. The van der Waals surface area contributed by atoms with Gasteiger partial charge in [0.15, 0.2) is 11.5 Å². The maximum absolute atomic E-state index is 16.2. The highest BCUT2D eigenvalue weighted by Gasteiger charge is 2.21. The Morgan fingerprint density at radius 3 is 2.55 bits per heavy atom. The molecule has 1 amide bonds. The van der Waals surface area contributed by atoms with E-state index in [2.05, 4.69) is 30.5 Å². The van der Waals surface area contributed by atoms with Crippen LogP contribution in [0.4, 0.5) is 14.5 Å². The zero-order valence-corrected chi connectivity index (χ0v) is 21.9. The van der Waals surface area contributed by atoms with E-state index < -0.39 is 5.82 Å². The van der Waals surface area contributed by atoms with Gasteiger partial charge in [0.2, 0.25) is 5.91 Å². The molecule has 7 rings (SSSR count). The minimum atomic E-state index is -0.516. The Morgan fingerprint density at radius 2 is 1.71 bits per heavy atom. The molecular formula is C32H21F2N7O. The molecule has 0 unspecified atom stereocenters. The lowest BCUT2D eigenvalue weighted by molar-refractivity contribution is -0.115. The van der Waals surface area contributed by atoms with Crippen molar-refractivity contribution >= 4 is 33.7 Å². The molecule has 204 valence electrons. The Bertz CT molecular complexity index is 2090. The quantitative estimate of drug-likeness (QED) is 0.211. The van der Waals surface area contributed by atoms with E-state index in [4.69, 9.17) is 4.98 Å². The van der Waals surface area contributed by atoms with Crippen molar-refractivity contribution in [3.05, 3.63) is 115 Å². The molecule has 4 heterocycles. The van der Waals surface area contributed by atoms with Crippen LogP contribution in [0.25, 0.3) is 55.8 Å². The number of nitrogens with zero attached hydrogens (tertiary/aromatic N) is 4. The lowest BCUT2D eigenvalue weighted by Gasteiger charge is -2.09. The highest BCUT2D eigenvalue weighted by atomic mass is 19.1. The molecule has 0 aliphatic heterocycles. The van der Waals surface area contributed by atoms with E-state index in [1.54, 1.807) is 42.6 Å². The van der Waals surface area contributed by atoms with Gasteiger partial charge in [-0.05, 0) is 47.5 Å². The largest absolute Gasteiger partial charge is 0.324 e. The highest BCUT2D eigenvalue weighted by Crippen LogP contribution is 2.35. The molecule has 0 aliphatic rings. The van der Waals surface area contributed by atoms with E-state index in [1.807, 2.05) is 30.3 Å². The normalized spacial score (nSPS) is 11.3. The number of pyridine rings is 2. The number of carbonyl (C=O) groups is 1. The first-order valence-corrected chi connectivity index (χ1v) is 13.1. The third-order valence-corrected chi connectivity index (χ3v) is 6.97. The highest BCUT2D eigenvalue weighted by molar-refractivity contribution is 5.98. The molecule has 10 heteroatoms. The van der Waals surface area contributed by atoms with E-state index in [0.29, 0.717) is 33.8 Å². The number of benzene rings is 3. The van der Waals surface area contributed by atoms with Gasteiger partial charge in [0.25, 0.3) is 0 Å². The zero-order chi connectivity index (χ0) is 28.6. The number of nitrogens with one attached hydrogen (secondary N) is 3. The number of hydrogen-bond donors (Lipinski definition) is 3. The standard InChI is InChI=1S/C32H21F2N7O/c33-21-8-6-19(7-9-21)24-12-13-36-31-29(24)38-32(39-31)30-27-25(40-41-30)11-10-23(28(27)34)20-15-22(17-35-16-20)37-26(42)14-18-4-2-1-3-5-18/h1-13,15-17H,14H2,(H,37,42)(H,40,41)(H,36,38,39). The van der Waals surface area contributed by atoms with Crippen LogP contribution in [0.2, 0.25) is 0 Å². The van der Waals surface area contributed by atoms with E-state index >= 15 is 4.39 Å². The number of rotatable bonds is 6. The molecule has 3 aromatic carbocycles. The molecule has 0 saturated heterocycles. The number of H-pyrrole nitrogens is 2. The number of anilines is 1. The molecular weight excluding hydrogens is 536 g/mol. The molecule has 0 atom stereocenters. The number of hydrogen-bond acceptors (Lipinski definition) is 5. The van der Waals surface area contributed by atoms with Crippen molar-refractivity contribution in [3.8, 4) is 33.8 Å². The van der Waals surface area contributed by atoms with Crippen LogP contribution in [0.3, 0.4) is 0 Å². The summed E-state index contributed by atoms with van der Waals surface area (Å²) in [5.74, 6) is -0.726. The Kier molecular flexibility index (Phi) is 6.20. The number of fused-ring (bicyclic) bond motifs is 2. The van der Waals surface area contributed by atoms with Crippen LogP contribution in [0.1, 0.15) is 5.56 Å². The SMILES string of the molecule is O=C(Cc1ccccc1)Nc1cncc(-c2ccc3[nH]nc(-c4nc5c(-c6ccc(F)cc6)ccnc5[nH]4)c3c2F)c1. The van der Waals surface area contributed by atoms with Crippen molar-refractivity contribution in [2.24, 2.45) is 0 Å². The van der Waals surface area contributed by atoms with Gasteiger partial charge in [0, 0.05) is 29.1 Å². The van der Waals surface area contributed by atoms with E-state index in [-0.39, 0.29) is 34.8 Å². The van der Waals surface area contributed by atoms with Crippen molar-refractivity contribution in [1.82, 2.24) is 30.1 Å². The van der Waals surface area contributed by atoms with E-state index in [9.17, 15) is 9.18 Å². The predicted molar refractivity (Wildman–Crippen MR) is 156 cm³/mol. The molecule has 0 saturated carbocycles. The number of aromatic nitrogens is 6. The van der Waals surface area contributed by atoms with E-state index in [0.717, 1.165) is 16.7 Å². The maximum atomic E-state index is 16.2. The van der Waals surface area contributed by atoms with Crippen LogP contribution >= 0.6 is 0 Å². The summed E-state index contributed by atoms with van der Waals surface area (Å²) in [6.45, 7) is 0. The third kappa shape index (κ3) is 4.64. The van der Waals surface area contributed by atoms with Gasteiger partial charge < -0.3 is 10.3 Å². The van der Waals surface area contributed by atoms with Crippen LogP contribution in [0.5, 0.6) is 0 Å². The maximum Gasteiger partial charge on any atom is 0.228 e. The van der Waals surface area contributed by atoms with E-state index in [1.165, 1.54) is 24.5 Å². The Morgan fingerprint density at radius 1 is 0.881 bits per heavy atom. The molecule has 0 aliphatic carbocycles. The molecule has 8 nitrogen and oxygen atoms in total. The van der Waals surface area contributed by atoms with Crippen molar-refractivity contribution < 1.29 is 13.6 Å². The molecule has 42 heavy (non-hydrogen) atoms. The second kappa shape index (κ2) is 10.3. The lowest BCUT2D eigenvalue weighted by Crippen LogP contribution is -2.14. The summed E-state index contributed by atoms with van der Waals surface area (Å²) in [7, 11) is 0. The number of halogens is 2. The van der Waals surface area contributed by atoms with Crippen LogP contribution < -0.4 is 5.32 Å². The summed E-state index contributed by atoms with van der Waals surface area (Å²) in [6, 6.07) is 22.3. The van der Waals surface area contributed by atoms with Gasteiger partial charge in [-0.1, -0.05) is 42.5 Å². The van der Waals surface area contributed by atoms with Crippen molar-refractivity contribution in [3.63, 3.8) is 0 Å². The van der Waals surface area contributed by atoms with Crippen molar-refractivity contribution in [2.75, 3.05) is 5.32 Å². The topological polar surface area (TPSA) is 112 Å². The van der Waals surface area contributed by atoms with Crippen molar-refractivity contribution in [1.29, 1.82) is 0 Å². The van der Waals surface area contributed by atoms with Crippen molar-refractivity contribution in [2.45, 2.75) is 6.42 Å². The predicted octanol–water partition coefficient (Wildman–Crippen LogP) is 6.69. The van der Waals surface area contributed by atoms with Crippen LogP contribution in [-0.4, -0.2) is 36.0 Å². The van der Waals surface area contributed by atoms with Gasteiger partial charge in [0.05, 0.1) is 29.2 Å². The van der Waals surface area contributed by atoms with Gasteiger partial charge in [-0.15, -0.1) is 0 Å². The minimum Gasteiger partial charge on any atom is -0.324 e. The van der Waals surface area contributed by atoms with Gasteiger partial charge in [-0.2, -0.15) is 5.10 Å². The molecule has 0 fully saturated rings. The second-order valence-corrected chi connectivity index (χ2v) is 9.74. The van der Waals surface area contributed by atoms with Crippen LogP contribution in [0.15, 0.2) is 97.5 Å². The number of carbonyl (C=O) groups excluding carboxylic acids is 1. The minimum absolute atomic E-state index is 0.202. The number of aromatic amines is 2. The first-order valence-electron chi connectivity index (χ1n) is 13.1. The summed E-state index contributed by atoms with van der Waals surface area (Å²) >= 11 is 0. The fourth-order valence-electron chi connectivity index (χ4n) is 4.99. The third-order valence-electron chi connectivity index (χ3n) is 6.97. The van der Waals surface area contributed by atoms with Crippen LogP contribution in [0, 0.1) is 11.6 Å². The summed E-state index contributed by atoms with van der Waals surface area (Å²) in [5, 5.41) is 10.3. The summed E-state index contributed by atoms with van der Waals surface area (Å²) in [4.78, 5) is 29.0. The molecule has 3 N–H and O–H groups in total. The van der Waals surface area contributed by atoms with Crippen LogP contribution in [-0.2, 0) is 11.2 Å². The first-order chi connectivity index (χ1) is 20.5. The monoisotopic (exact) mass is 557 g/mol. The number of amides is 1. The van der Waals surface area contributed by atoms with Gasteiger partial charge in [-0.3, -0.25) is 14.9 Å². The van der Waals surface area contributed by atoms with Gasteiger partial charge in [0.1, 0.15) is 22.8 Å². The zero-order valence-electron chi connectivity index (χ0n) is 21.9. The summed E-state index contributed by atoms with van der Waals surface area (Å²) in [5.41, 5.74) is 5.45. The Balaban J connectivity index is 1.24. The molecule has 0 radical (unpaired) electrons. The molecule has 0 bridgehead atoms. The molecule has 0 spiro atoms. The summed E-state index contributed by atoms with van der Waals surface area (Å²) < 4.78 is 29.7. The molecule has 7 aromatic rings. The van der Waals surface area contributed by atoms with Gasteiger partial charge >= 0.3 is 0 Å². The smallest absolute Gasteiger partial charge is 0.228 e. The second-order valence-electron chi connectivity index (χ2n) is 9.74. The number of imidazole rings is 1. The average Bonchev–Trinajstić information content (AvgIpc) is 3.63. The fraction of sp³-hybridized carbons (Fsp3) is 0.0312. The molecule has 4 aromatic heterocycles. The lowest BCUT2D eigenvalue weighted by atomic mass is 10.0. The Labute approximate surface area is 237 Å². The van der Waals surface area contributed by atoms with Gasteiger partial charge in [-0.25, -0.2) is 18.7 Å².